The Morgan fingerprint density at radius 1 is 1.10 bits per heavy atom. The van der Waals surface area contributed by atoms with Crippen molar-refractivity contribution in [2.45, 2.75) is 11.3 Å². The van der Waals surface area contributed by atoms with Gasteiger partial charge in [0.2, 0.25) is 11.8 Å². The number of nitrogens with one attached hydrogen (secondary N) is 1. The average Bonchev–Trinajstić information content (AvgIpc) is 3.20. The number of likely N-dealkylation sites (N-methyl/N-ethyl adjacent to an activating group) is 1. The predicted octanol–water partition coefficient (Wildman–Crippen LogP) is 3.48. The minimum absolute atomic E-state index is 0.0194. The molecule has 31 heavy (non-hydrogen) atoms. The lowest BCUT2D eigenvalue weighted by molar-refractivity contribution is -0.137. The van der Waals surface area contributed by atoms with Crippen LogP contribution in [0.3, 0.4) is 0 Å². The van der Waals surface area contributed by atoms with Crippen molar-refractivity contribution < 1.29 is 22.8 Å². The molecule has 2 aromatic carbocycles. The van der Waals surface area contributed by atoms with Crippen LogP contribution in [0.5, 0.6) is 0 Å². The molecule has 11 heteroatoms. The van der Waals surface area contributed by atoms with Crippen LogP contribution < -0.4 is 5.32 Å². The molecule has 0 aliphatic carbocycles. The summed E-state index contributed by atoms with van der Waals surface area (Å²) < 4.78 is 40.9. The Morgan fingerprint density at radius 3 is 2.48 bits per heavy atom. The van der Waals surface area contributed by atoms with E-state index in [0.717, 1.165) is 34.5 Å². The minimum atomic E-state index is -4.60. The lowest BCUT2D eigenvalue weighted by atomic mass is 10.1. The highest BCUT2D eigenvalue weighted by molar-refractivity contribution is 7.99. The molecule has 162 valence electrons. The first kappa shape index (κ1) is 22.3. The average molecular weight is 449 g/mol. The fraction of sp³-hybridized carbons (Fsp3) is 0.200. The molecular weight excluding hydrogens is 431 g/mol. The lowest BCUT2D eigenvalue weighted by Gasteiger charge is -2.18. The van der Waals surface area contributed by atoms with Gasteiger partial charge in [0.05, 0.1) is 23.5 Å². The van der Waals surface area contributed by atoms with Crippen molar-refractivity contribution in [1.82, 2.24) is 19.7 Å². The van der Waals surface area contributed by atoms with Gasteiger partial charge in [0.25, 0.3) is 0 Å². The zero-order valence-corrected chi connectivity index (χ0v) is 17.2. The number of halogens is 3. The molecule has 0 aliphatic heterocycles. The standard InChI is InChI=1S/C20H18F3N5O2S/c1-27(11-17(29)25-16-10-6-5-9-15(16)20(21,22)23)18(30)12-31-19-26-24-13-28(19)14-7-3-2-4-8-14/h2-10,13H,11-12H2,1H3,(H,25,29). The number of carbonyl (C=O) groups is 2. The van der Waals surface area contributed by atoms with E-state index in [2.05, 4.69) is 15.5 Å². The van der Waals surface area contributed by atoms with E-state index in [4.69, 9.17) is 0 Å². The van der Waals surface area contributed by atoms with Crippen LogP contribution >= 0.6 is 11.8 Å². The van der Waals surface area contributed by atoms with Gasteiger partial charge < -0.3 is 10.2 Å². The number of para-hydroxylation sites is 2. The third kappa shape index (κ3) is 5.85. The molecular formula is C20H18F3N5O2S. The van der Waals surface area contributed by atoms with Gasteiger partial charge in [0.15, 0.2) is 5.16 Å². The van der Waals surface area contributed by atoms with Gasteiger partial charge in [-0.1, -0.05) is 42.1 Å². The van der Waals surface area contributed by atoms with Crippen LogP contribution in [-0.4, -0.2) is 50.8 Å². The molecule has 1 heterocycles. The molecule has 7 nitrogen and oxygen atoms in total. The number of amides is 2. The summed E-state index contributed by atoms with van der Waals surface area (Å²) in [6, 6.07) is 14.0. The molecule has 0 bridgehead atoms. The predicted molar refractivity (Wildman–Crippen MR) is 110 cm³/mol. The maximum atomic E-state index is 13.0. The Hall–Kier alpha value is -3.34. The van der Waals surface area contributed by atoms with E-state index < -0.39 is 24.2 Å². The highest BCUT2D eigenvalue weighted by Crippen LogP contribution is 2.34. The Labute approximate surface area is 180 Å². The van der Waals surface area contributed by atoms with Crippen LogP contribution in [0.25, 0.3) is 5.69 Å². The first-order valence-electron chi connectivity index (χ1n) is 9.04. The van der Waals surface area contributed by atoms with Crippen LogP contribution in [0.1, 0.15) is 5.56 Å². The molecule has 0 fully saturated rings. The third-order valence-electron chi connectivity index (χ3n) is 4.19. The molecule has 3 rings (SSSR count). The number of hydrogen-bond acceptors (Lipinski definition) is 5. The van der Waals surface area contributed by atoms with Crippen molar-refractivity contribution in [2.75, 3.05) is 24.7 Å². The van der Waals surface area contributed by atoms with Gasteiger partial charge >= 0.3 is 6.18 Å². The highest BCUT2D eigenvalue weighted by atomic mass is 32.2. The Morgan fingerprint density at radius 2 is 1.77 bits per heavy atom. The second kappa shape index (κ2) is 9.65. The summed E-state index contributed by atoms with van der Waals surface area (Å²) in [4.78, 5) is 25.7. The highest BCUT2D eigenvalue weighted by Gasteiger charge is 2.33. The van der Waals surface area contributed by atoms with Crippen molar-refractivity contribution in [3.8, 4) is 5.69 Å². The molecule has 0 atom stereocenters. The van der Waals surface area contributed by atoms with Crippen LogP contribution in [0.2, 0.25) is 0 Å². The molecule has 0 radical (unpaired) electrons. The number of aromatic nitrogens is 3. The van der Waals surface area contributed by atoms with Crippen molar-refractivity contribution in [3.63, 3.8) is 0 Å². The summed E-state index contributed by atoms with van der Waals surface area (Å²) in [5.74, 6) is -1.13. The smallest absolute Gasteiger partial charge is 0.336 e. The number of benzene rings is 2. The van der Waals surface area contributed by atoms with Gasteiger partial charge in [-0.25, -0.2) is 0 Å². The summed E-state index contributed by atoms with van der Waals surface area (Å²) in [5, 5.41) is 10.6. The number of rotatable bonds is 7. The molecule has 0 unspecified atom stereocenters. The second-order valence-corrected chi connectivity index (χ2v) is 7.39. The summed E-state index contributed by atoms with van der Waals surface area (Å²) in [5.41, 5.74) is -0.474. The number of anilines is 1. The summed E-state index contributed by atoms with van der Waals surface area (Å²) in [6.45, 7) is -0.392. The van der Waals surface area contributed by atoms with Gasteiger partial charge in [-0.2, -0.15) is 13.2 Å². The molecule has 0 spiro atoms. The van der Waals surface area contributed by atoms with E-state index >= 15 is 0 Å². The Kier molecular flexibility index (Phi) is 6.95. The van der Waals surface area contributed by atoms with E-state index in [9.17, 15) is 22.8 Å². The number of nitrogens with zero attached hydrogens (tertiary/aromatic N) is 4. The van der Waals surface area contributed by atoms with E-state index in [1.165, 1.54) is 25.5 Å². The first-order chi connectivity index (χ1) is 14.8. The summed E-state index contributed by atoms with van der Waals surface area (Å²) in [7, 11) is 1.40. The third-order valence-corrected chi connectivity index (χ3v) is 5.12. The van der Waals surface area contributed by atoms with Gasteiger partial charge in [0, 0.05) is 12.7 Å². The molecule has 1 N–H and O–H groups in total. The van der Waals surface area contributed by atoms with Gasteiger partial charge in [-0.3, -0.25) is 14.2 Å². The molecule has 0 saturated heterocycles. The number of carbonyl (C=O) groups excluding carboxylic acids is 2. The second-order valence-electron chi connectivity index (χ2n) is 6.45. The SMILES string of the molecule is CN(CC(=O)Nc1ccccc1C(F)(F)F)C(=O)CSc1nncn1-c1ccccc1. The maximum Gasteiger partial charge on any atom is 0.418 e. The van der Waals surface area contributed by atoms with Crippen LogP contribution in [-0.2, 0) is 15.8 Å². The molecule has 0 saturated carbocycles. The van der Waals surface area contributed by atoms with Gasteiger partial charge in [-0.05, 0) is 24.3 Å². The van der Waals surface area contributed by atoms with E-state index in [1.54, 1.807) is 4.57 Å². The number of thioether (sulfide) groups is 1. The maximum absolute atomic E-state index is 13.0. The van der Waals surface area contributed by atoms with Crippen LogP contribution in [0.15, 0.2) is 66.1 Å². The van der Waals surface area contributed by atoms with Crippen molar-refractivity contribution in [2.24, 2.45) is 0 Å². The fourth-order valence-corrected chi connectivity index (χ4v) is 3.53. The Balaban J connectivity index is 1.56. The zero-order valence-electron chi connectivity index (χ0n) is 16.3. The zero-order chi connectivity index (χ0) is 22.4. The quantitative estimate of drug-likeness (QED) is 0.559. The normalized spacial score (nSPS) is 11.2. The minimum Gasteiger partial charge on any atom is -0.336 e. The van der Waals surface area contributed by atoms with Crippen LogP contribution in [0, 0.1) is 0 Å². The van der Waals surface area contributed by atoms with Crippen LogP contribution in [0.4, 0.5) is 18.9 Å². The number of hydrogen-bond donors (Lipinski definition) is 1. The van der Waals surface area contributed by atoms with E-state index in [1.807, 2.05) is 30.3 Å². The summed E-state index contributed by atoms with van der Waals surface area (Å²) >= 11 is 1.14. The summed E-state index contributed by atoms with van der Waals surface area (Å²) in [6.07, 6.45) is -3.08. The van der Waals surface area contributed by atoms with E-state index in [-0.39, 0.29) is 17.3 Å². The fourth-order valence-electron chi connectivity index (χ4n) is 2.66. The molecule has 2 amide bonds. The van der Waals surface area contributed by atoms with Gasteiger partial charge in [-0.15, -0.1) is 10.2 Å². The largest absolute Gasteiger partial charge is 0.418 e. The topological polar surface area (TPSA) is 80.1 Å². The van der Waals surface area contributed by atoms with Crippen molar-refractivity contribution >= 4 is 29.3 Å². The molecule has 0 aliphatic rings. The van der Waals surface area contributed by atoms with Gasteiger partial charge in [0.1, 0.15) is 6.33 Å². The number of alkyl halides is 3. The first-order valence-corrected chi connectivity index (χ1v) is 10.0. The monoisotopic (exact) mass is 449 g/mol. The molecule has 1 aromatic heterocycles. The van der Waals surface area contributed by atoms with E-state index in [0.29, 0.717) is 5.16 Å². The van der Waals surface area contributed by atoms with Crippen molar-refractivity contribution in [3.05, 3.63) is 66.5 Å². The molecule has 3 aromatic rings. The lowest BCUT2D eigenvalue weighted by Crippen LogP contribution is -2.36. The van der Waals surface area contributed by atoms with Crippen molar-refractivity contribution in [1.29, 1.82) is 0 Å². The Bertz CT molecular complexity index is 1060.